The lowest BCUT2D eigenvalue weighted by molar-refractivity contribution is 0.100. The minimum Gasteiger partial charge on any atom is -0.294 e. The maximum absolute atomic E-state index is 11.8. The topological polar surface area (TPSA) is 92.8 Å². The lowest BCUT2D eigenvalue weighted by Gasteiger charge is -2.02. The van der Waals surface area contributed by atoms with Crippen molar-refractivity contribution in [1.29, 1.82) is 15.8 Å². The highest BCUT2D eigenvalue weighted by atomic mass is 16.1. The molecule has 1 aliphatic rings. The number of carbonyl (C=O) groups is 1. The fourth-order valence-corrected chi connectivity index (χ4v) is 1.99. The molecule has 0 heterocycles. The van der Waals surface area contributed by atoms with Crippen molar-refractivity contribution in [3.8, 4) is 18.2 Å². The van der Waals surface area contributed by atoms with E-state index in [1.807, 2.05) is 12.1 Å². The van der Waals surface area contributed by atoms with Gasteiger partial charge in [-0.2, -0.15) is 10.5 Å². The number of allylic oxidation sites excluding steroid dienone is 2. The van der Waals surface area contributed by atoms with Crippen LogP contribution < -0.4 is 0 Å². The largest absolute Gasteiger partial charge is 0.294 e. The van der Waals surface area contributed by atoms with Crippen molar-refractivity contribution in [1.82, 2.24) is 0 Å². The van der Waals surface area contributed by atoms with Crippen LogP contribution in [0.1, 0.15) is 33.5 Å². The summed E-state index contributed by atoms with van der Waals surface area (Å²) in [6.07, 6.45) is -0.0413. The first-order chi connectivity index (χ1) is 9.15. The van der Waals surface area contributed by atoms with Gasteiger partial charge in [-0.25, -0.2) is 10.1 Å². The highest BCUT2D eigenvalue weighted by Gasteiger charge is 2.28. The van der Waals surface area contributed by atoms with E-state index in [9.17, 15) is 4.79 Å². The molecule has 5 heteroatoms. The van der Waals surface area contributed by atoms with E-state index in [0.29, 0.717) is 16.7 Å². The summed E-state index contributed by atoms with van der Waals surface area (Å²) < 4.78 is 0. The summed E-state index contributed by atoms with van der Waals surface area (Å²) in [5.74, 6) is -0.248. The van der Waals surface area contributed by atoms with E-state index in [1.165, 1.54) is 12.1 Å². The molecule has 5 nitrogen and oxygen atoms in total. The first kappa shape index (κ1) is 12.1. The molecule has 1 aliphatic carbocycles. The average Bonchev–Trinajstić information content (AvgIpc) is 2.75. The zero-order chi connectivity index (χ0) is 14.0. The second kappa shape index (κ2) is 4.46. The van der Waals surface area contributed by atoms with Crippen molar-refractivity contribution in [2.24, 2.45) is 0 Å². The Hall–Kier alpha value is -3.41. The van der Waals surface area contributed by atoms with Crippen LogP contribution in [0.15, 0.2) is 17.8 Å². The number of nitriles is 3. The third kappa shape index (κ3) is 1.73. The Morgan fingerprint density at radius 3 is 2.21 bits per heavy atom. The predicted molar refractivity (Wildman–Crippen MR) is 64.0 cm³/mol. The second-order valence-electron chi connectivity index (χ2n) is 3.82. The number of Topliss-reactive ketones (excluding diaryl/α,β-unsaturated/α-hetero) is 1. The number of fused-ring (bicyclic) bond motifs is 1. The van der Waals surface area contributed by atoms with Crippen LogP contribution in [0.5, 0.6) is 0 Å². The van der Waals surface area contributed by atoms with Crippen LogP contribution >= 0.6 is 0 Å². The van der Waals surface area contributed by atoms with Gasteiger partial charge in [0.25, 0.3) is 5.70 Å². The van der Waals surface area contributed by atoms with E-state index in [2.05, 4.69) is 4.85 Å². The molecule has 0 spiro atoms. The van der Waals surface area contributed by atoms with Gasteiger partial charge in [0.15, 0.2) is 5.78 Å². The highest BCUT2D eigenvalue weighted by Crippen LogP contribution is 2.36. The number of nitrogens with zero attached hydrogens (tertiary/aromatic N) is 4. The van der Waals surface area contributed by atoms with Crippen LogP contribution in [-0.2, 0) is 0 Å². The van der Waals surface area contributed by atoms with Gasteiger partial charge in [0, 0.05) is 12.0 Å². The minimum atomic E-state index is -0.248. The summed E-state index contributed by atoms with van der Waals surface area (Å²) in [5, 5.41) is 26.7. The zero-order valence-electron chi connectivity index (χ0n) is 9.56. The van der Waals surface area contributed by atoms with Crippen molar-refractivity contribution in [3.05, 3.63) is 51.5 Å². The Kier molecular flexibility index (Phi) is 2.83. The van der Waals surface area contributed by atoms with Crippen molar-refractivity contribution in [2.45, 2.75) is 6.42 Å². The molecule has 1 aromatic rings. The number of carbonyl (C=O) groups excluding carboxylic acids is 1. The van der Waals surface area contributed by atoms with Crippen LogP contribution in [0.2, 0.25) is 0 Å². The first-order valence-electron chi connectivity index (χ1n) is 5.18. The number of hydrogen-bond acceptors (Lipinski definition) is 4. The molecular formula is C14H4N4O. The average molecular weight is 244 g/mol. The van der Waals surface area contributed by atoms with E-state index in [1.54, 1.807) is 6.07 Å². The molecule has 0 atom stereocenters. The van der Waals surface area contributed by atoms with E-state index in [4.69, 9.17) is 22.4 Å². The summed E-state index contributed by atoms with van der Waals surface area (Å²) in [6, 6.07) is 8.22. The Bertz CT molecular complexity index is 788. The third-order valence-electron chi connectivity index (χ3n) is 2.87. The second-order valence-corrected chi connectivity index (χ2v) is 3.82. The van der Waals surface area contributed by atoms with E-state index < -0.39 is 0 Å². The third-order valence-corrected chi connectivity index (χ3v) is 2.87. The molecule has 0 amide bonds. The normalized spacial score (nSPS) is 14.6. The summed E-state index contributed by atoms with van der Waals surface area (Å²) in [4.78, 5) is 14.9. The molecule has 0 aliphatic heterocycles. The maximum atomic E-state index is 11.8. The number of hydrogen-bond donors (Lipinski definition) is 0. The lowest BCUT2D eigenvalue weighted by Crippen LogP contribution is -1.94. The van der Waals surface area contributed by atoms with Crippen LogP contribution in [0.4, 0.5) is 0 Å². The Balaban J connectivity index is 2.83. The van der Waals surface area contributed by atoms with Gasteiger partial charge in [0.1, 0.15) is 12.1 Å². The van der Waals surface area contributed by atoms with Gasteiger partial charge in [0.2, 0.25) is 0 Å². The Labute approximate surface area is 109 Å². The van der Waals surface area contributed by atoms with Crippen molar-refractivity contribution >= 4 is 11.4 Å². The van der Waals surface area contributed by atoms with Gasteiger partial charge < -0.3 is 0 Å². The zero-order valence-corrected chi connectivity index (χ0v) is 9.56. The van der Waals surface area contributed by atoms with Gasteiger partial charge in [-0.15, -0.1) is 0 Å². The SMILES string of the molecule is [C-]#[N+]/C(C#N)=C1\CC(=O)c2cc(C#N)c(C#N)cc21. The van der Waals surface area contributed by atoms with Gasteiger partial charge in [0.05, 0.1) is 23.8 Å². The Morgan fingerprint density at radius 1 is 1.16 bits per heavy atom. The van der Waals surface area contributed by atoms with Crippen LogP contribution in [-0.4, -0.2) is 5.78 Å². The molecule has 0 fully saturated rings. The Morgan fingerprint density at radius 2 is 1.74 bits per heavy atom. The lowest BCUT2D eigenvalue weighted by atomic mass is 9.99. The number of ketones is 1. The first-order valence-corrected chi connectivity index (χ1v) is 5.18. The van der Waals surface area contributed by atoms with Crippen LogP contribution in [0, 0.1) is 40.6 Å². The molecule has 0 aromatic heterocycles. The number of rotatable bonds is 0. The summed E-state index contributed by atoms with van der Waals surface area (Å²) in [5.41, 5.74) is 1.14. The van der Waals surface area contributed by atoms with Gasteiger partial charge in [-0.3, -0.25) is 4.79 Å². The van der Waals surface area contributed by atoms with E-state index in [-0.39, 0.29) is 29.0 Å². The number of benzene rings is 1. The molecule has 19 heavy (non-hydrogen) atoms. The fraction of sp³-hybridized carbons (Fsp3) is 0.0714. The molecule has 0 unspecified atom stereocenters. The van der Waals surface area contributed by atoms with Gasteiger partial charge in [-0.1, -0.05) is 0 Å². The highest BCUT2D eigenvalue weighted by molar-refractivity contribution is 6.13. The molecule has 0 saturated carbocycles. The molecule has 0 saturated heterocycles. The van der Waals surface area contributed by atoms with Crippen molar-refractivity contribution in [2.75, 3.05) is 0 Å². The van der Waals surface area contributed by atoms with E-state index >= 15 is 0 Å². The molecule has 1 aromatic carbocycles. The standard InChI is InChI=1S/C14H4N4O/c1-18-13(7-17)11-4-14(19)12-3-9(6-16)8(5-15)2-10(11)12/h2-3H,4H2/b13-11+. The molecule has 0 bridgehead atoms. The monoisotopic (exact) mass is 244 g/mol. The molecule has 2 rings (SSSR count). The van der Waals surface area contributed by atoms with Crippen molar-refractivity contribution < 1.29 is 4.79 Å². The molecular weight excluding hydrogens is 240 g/mol. The predicted octanol–water partition coefficient (Wildman–Crippen LogP) is 2.17. The van der Waals surface area contributed by atoms with Crippen molar-refractivity contribution in [3.63, 3.8) is 0 Å². The summed E-state index contributed by atoms with van der Waals surface area (Å²) >= 11 is 0. The van der Waals surface area contributed by atoms with Gasteiger partial charge >= 0.3 is 0 Å². The fourth-order valence-electron chi connectivity index (χ4n) is 1.99. The van der Waals surface area contributed by atoms with Gasteiger partial charge in [-0.05, 0) is 23.3 Å². The summed E-state index contributed by atoms with van der Waals surface area (Å²) in [6.45, 7) is 6.92. The van der Waals surface area contributed by atoms with Crippen LogP contribution in [0.25, 0.3) is 10.4 Å². The molecule has 0 radical (unpaired) electrons. The maximum Gasteiger partial charge on any atom is 0.266 e. The smallest absolute Gasteiger partial charge is 0.266 e. The minimum absolute atomic E-state index is 0.0413. The molecule has 86 valence electrons. The summed E-state index contributed by atoms with van der Waals surface area (Å²) in [7, 11) is 0. The van der Waals surface area contributed by atoms with E-state index in [0.717, 1.165) is 0 Å². The molecule has 0 N–H and O–H groups in total. The quantitative estimate of drug-likeness (QED) is 0.516. The van der Waals surface area contributed by atoms with Crippen LogP contribution in [0.3, 0.4) is 0 Å².